The number of nitrogens with zero attached hydrogens (tertiary/aromatic N) is 3. The highest BCUT2D eigenvalue weighted by molar-refractivity contribution is 5.95. The highest BCUT2D eigenvalue weighted by Crippen LogP contribution is 2.19. The van der Waals surface area contributed by atoms with Crippen LogP contribution in [0.4, 0.5) is 4.39 Å². The number of carboxylic acid groups (broad SMARTS) is 1. The van der Waals surface area contributed by atoms with E-state index in [0.717, 1.165) is 11.1 Å². The minimum Gasteiger partial charge on any atom is -0.480 e. The number of hydrogen-bond donors (Lipinski definition) is 1. The van der Waals surface area contributed by atoms with Gasteiger partial charge in [-0.15, -0.1) is 0 Å². The average molecular weight is 345 g/mol. The molecule has 1 fully saturated rings. The number of piperidine rings is 1. The molecule has 1 N–H and O–H groups in total. The highest BCUT2D eigenvalue weighted by Gasteiger charge is 2.33. The van der Waals surface area contributed by atoms with Crippen LogP contribution in [-0.4, -0.2) is 44.3 Å². The smallest absolute Gasteiger partial charge is 0.326 e. The Balaban J connectivity index is 1.96. The molecule has 0 radical (unpaired) electrons. The van der Waals surface area contributed by atoms with Gasteiger partial charge in [-0.2, -0.15) is 9.78 Å². The fourth-order valence-electron chi connectivity index (χ4n) is 2.87. The molecule has 0 bridgehead atoms. The molecule has 2 aromatic rings. The summed E-state index contributed by atoms with van der Waals surface area (Å²) in [6.07, 6.45) is 1.84. The van der Waals surface area contributed by atoms with Gasteiger partial charge in [-0.05, 0) is 49.6 Å². The largest absolute Gasteiger partial charge is 0.480 e. The molecule has 1 aromatic carbocycles. The lowest BCUT2D eigenvalue weighted by molar-refractivity contribution is -0.143. The molecule has 0 saturated carbocycles. The van der Waals surface area contributed by atoms with E-state index in [9.17, 15) is 23.9 Å². The van der Waals surface area contributed by atoms with Crippen molar-refractivity contribution < 1.29 is 19.1 Å². The van der Waals surface area contributed by atoms with Crippen LogP contribution in [-0.2, 0) is 4.79 Å². The van der Waals surface area contributed by atoms with Crippen LogP contribution in [0, 0.1) is 5.82 Å². The SMILES string of the molecule is O=C(O)[C@@H]1CCCCN1C(=O)c1ccc(=O)n(-c2ccc(F)cc2)n1. The maximum atomic E-state index is 13.0. The molecule has 25 heavy (non-hydrogen) atoms. The number of halogens is 1. The molecule has 1 aliphatic heterocycles. The number of aliphatic carboxylic acids is 1. The molecule has 0 unspecified atom stereocenters. The van der Waals surface area contributed by atoms with E-state index in [2.05, 4.69) is 5.10 Å². The molecule has 0 spiro atoms. The first-order valence-corrected chi connectivity index (χ1v) is 7.87. The van der Waals surface area contributed by atoms with E-state index in [1.54, 1.807) is 0 Å². The van der Waals surface area contributed by atoms with Gasteiger partial charge in [0.15, 0.2) is 0 Å². The molecular formula is C17H16FN3O4. The number of amides is 1. The molecule has 0 aliphatic carbocycles. The van der Waals surface area contributed by atoms with Crippen molar-refractivity contribution in [3.05, 3.63) is 58.3 Å². The second kappa shape index (κ2) is 6.84. The minimum atomic E-state index is -1.06. The fourth-order valence-corrected chi connectivity index (χ4v) is 2.87. The van der Waals surface area contributed by atoms with Crippen molar-refractivity contribution in [1.29, 1.82) is 0 Å². The Morgan fingerprint density at radius 2 is 1.84 bits per heavy atom. The zero-order valence-electron chi connectivity index (χ0n) is 13.3. The first kappa shape index (κ1) is 16.8. The van der Waals surface area contributed by atoms with E-state index in [4.69, 9.17) is 0 Å². The molecule has 1 aromatic heterocycles. The molecule has 130 valence electrons. The number of carbonyl (C=O) groups is 2. The lowest BCUT2D eigenvalue weighted by Gasteiger charge is -2.32. The Labute approximate surface area is 142 Å². The summed E-state index contributed by atoms with van der Waals surface area (Å²) in [7, 11) is 0. The zero-order valence-corrected chi connectivity index (χ0v) is 13.3. The van der Waals surface area contributed by atoms with Crippen LogP contribution in [0.5, 0.6) is 0 Å². The summed E-state index contributed by atoms with van der Waals surface area (Å²) in [5.74, 6) is -2.05. The molecule has 8 heteroatoms. The van der Waals surface area contributed by atoms with Crippen LogP contribution in [0.2, 0.25) is 0 Å². The topological polar surface area (TPSA) is 92.5 Å². The van der Waals surface area contributed by atoms with Gasteiger partial charge in [0.1, 0.15) is 17.6 Å². The molecule has 3 rings (SSSR count). The summed E-state index contributed by atoms with van der Waals surface area (Å²) in [5, 5.41) is 13.3. The van der Waals surface area contributed by atoms with E-state index < -0.39 is 29.3 Å². The summed E-state index contributed by atoms with van der Waals surface area (Å²) in [4.78, 5) is 37.3. The third kappa shape index (κ3) is 3.42. The second-order valence-electron chi connectivity index (χ2n) is 5.79. The van der Waals surface area contributed by atoms with Gasteiger partial charge < -0.3 is 10.0 Å². The van der Waals surface area contributed by atoms with E-state index in [1.165, 1.54) is 41.3 Å². The summed E-state index contributed by atoms with van der Waals surface area (Å²) in [6.45, 7) is 0.327. The van der Waals surface area contributed by atoms with Crippen LogP contribution < -0.4 is 5.56 Å². The van der Waals surface area contributed by atoms with Crippen molar-refractivity contribution in [1.82, 2.24) is 14.7 Å². The Morgan fingerprint density at radius 3 is 2.52 bits per heavy atom. The third-order valence-corrected chi connectivity index (χ3v) is 4.14. The average Bonchev–Trinajstić information content (AvgIpc) is 2.62. The van der Waals surface area contributed by atoms with Crippen LogP contribution in [0.1, 0.15) is 29.8 Å². The number of rotatable bonds is 3. The van der Waals surface area contributed by atoms with E-state index in [-0.39, 0.29) is 5.69 Å². The number of carboxylic acids is 1. The lowest BCUT2D eigenvalue weighted by Crippen LogP contribution is -2.48. The van der Waals surface area contributed by atoms with Crippen LogP contribution >= 0.6 is 0 Å². The summed E-state index contributed by atoms with van der Waals surface area (Å²) in [5.41, 5.74) is -0.192. The van der Waals surface area contributed by atoms with Gasteiger partial charge in [0, 0.05) is 12.6 Å². The number of carbonyl (C=O) groups excluding carboxylic acids is 1. The Hall–Kier alpha value is -3.03. The number of likely N-dealkylation sites (tertiary alicyclic amines) is 1. The quantitative estimate of drug-likeness (QED) is 0.909. The van der Waals surface area contributed by atoms with Crippen LogP contribution in [0.25, 0.3) is 5.69 Å². The predicted molar refractivity (Wildman–Crippen MR) is 86.1 cm³/mol. The monoisotopic (exact) mass is 345 g/mol. The van der Waals surface area contributed by atoms with Crippen molar-refractivity contribution in [3.8, 4) is 5.69 Å². The Kier molecular flexibility index (Phi) is 4.60. The Morgan fingerprint density at radius 1 is 1.12 bits per heavy atom. The molecular weight excluding hydrogens is 329 g/mol. The van der Waals surface area contributed by atoms with Gasteiger partial charge in [-0.25, -0.2) is 9.18 Å². The molecule has 1 saturated heterocycles. The van der Waals surface area contributed by atoms with E-state index in [1.807, 2.05) is 0 Å². The van der Waals surface area contributed by atoms with Crippen molar-refractivity contribution in [2.24, 2.45) is 0 Å². The third-order valence-electron chi connectivity index (χ3n) is 4.14. The molecule has 1 atom stereocenters. The van der Waals surface area contributed by atoms with Crippen molar-refractivity contribution in [2.45, 2.75) is 25.3 Å². The van der Waals surface area contributed by atoms with E-state index in [0.29, 0.717) is 25.1 Å². The van der Waals surface area contributed by atoms with Crippen molar-refractivity contribution >= 4 is 11.9 Å². The first-order chi connectivity index (χ1) is 12.0. The maximum absolute atomic E-state index is 13.0. The highest BCUT2D eigenvalue weighted by atomic mass is 19.1. The minimum absolute atomic E-state index is 0.0305. The first-order valence-electron chi connectivity index (χ1n) is 7.87. The lowest BCUT2D eigenvalue weighted by atomic mass is 10.0. The van der Waals surface area contributed by atoms with Gasteiger partial charge in [0.25, 0.3) is 11.5 Å². The van der Waals surface area contributed by atoms with Gasteiger partial charge in [-0.1, -0.05) is 0 Å². The molecule has 2 heterocycles. The summed E-state index contributed by atoms with van der Waals surface area (Å²) < 4.78 is 14.0. The standard InChI is InChI=1S/C17H16FN3O4/c18-11-4-6-12(7-5-11)21-15(22)9-8-13(19-21)16(23)20-10-2-1-3-14(20)17(24)25/h4-9,14H,1-3,10H2,(H,24,25)/t14-/m0/s1. The maximum Gasteiger partial charge on any atom is 0.326 e. The summed E-state index contributed by atoms with van der Waals surface area (Å²) in [6, 6.07) is 6.68. The van der Waals surface area contributed by atoms with Crippen molar-refractivity contribution in [2.75, 3.05) is 6.54 Å². The van der Waals surface area contributed by atoms with Crippen LogP contribution in [0.15, 0.2) is 41.2 Å². The van der Waals surface area contributed by atoms with Gasteiger partial charge >= 0.3 is 5.97 Å². The zero-order chi connectivity index (χ0) is 18.0. The van der Waals surface area contributed by atoms with Gasteiger partial charge in [0.05, 0.1) is 5.69 Å². The predicted octanol–water partition coefficient (Wildman–Crippen LogP) is 1.45. The van der Waals surface area contributed by atoms with Crippen LogP contribution in [0.3, 0.4) is 0 Å². The normalized spacial score (nSPS) is 17.3. The molecule has 1 amide bonds. The van der Waals surface area contributed by atoms with Gasteiger partial charge in [-0.3, -0.25) is 9.59 Å². The van der Waals surface area contributed by atoms with Crippen molar-refractivity contribution in [3.63, 3.8) is 0 Å². The van der Waals surface area contributed by atoms with E-state index >= 15 is 0 Å². The fraction of sp³-hybridized carbons (Fsp3) is 0.294. The molecule has 7 nitrogen and oxygen atoms in total. The number of benzene rings is 1. The molecule has 1 aliphatic rings. The van der Waals surface area contributed by atoms with Gasteiger partial charge in [0.2, 0.25) is 0 Å². The number of aromatic nitrogens is 2. The second-order valence-corrected chi connectivity index (χ2v) is 5.79. The Bertz CT molecular complexity index is 863. The summed E-state index contributed by atoms with van der Waals surface area (Å²) >= 11 is 0. The number of hydrogen-bond acceptors (Lipinski definition) is 4.